The minimum absolute atomic E-state index is 0.155. The fourth-order valence-corrected chi connectivity index (χ4v) is 4.04. The van der Waals surface area contributed by atoms with E-state index in [0.717, 1.165) is 5.56 Å². The van der Waals surface area contributed by atoms with Crippen LogP contribution in [0.15, 0.2) is 30.5 Å². The molecule has 180 valence electrons. The van der Waals surface area contributed by atoms with E-state index in [4.69, 9.17) is 30.9 Å². The first-order valence-corrected chi connectivity index (χ1v) is 12.1. The number of aliphatic hydroxyl groups excluding tert-OH is 2. The van der Waals surface area contributed by atoms with Gasteiger partial charge in [0.15, 0.2) is 11.9 Å². The zero-order valence-electron chi connectivity index (χ0n) is 17.4. The van der Waals surface area contributed by atoms with Gasteiger partial charge in [0.05, 0.1) is 18.2 Å². The number of nitriles is 1. The van der Waals surface area contributed by atoms with Gasteiger partial charge in [0.25, 0.3) is 0 Å². The van der Waals surface area contributed by atoms with E-state index in [1.165, 1.54) is 10.9 Å². The van der Waals surface area contributed by atoms with E-state index in [1.807, 2.05) is 12.1 Å². The number of halogens is 1. The predicted molar refractivity (Wildman–Crippen MR) is 118 cm³/mol. The van der Waals surface area contributed by atoms with E-state index in [-0.39, 0.29) is 18.1 Å². The zero-order valence-corrected chi connectivity index (χ0v) is 19.0. The van der Waals surface area contributed by atoms with Crippen LogP contribution >= 0.6 is 19.2 Å². The predicted octanol–water partition coefficient (Wildman–Crippen LogP) is 0.734. The van der Waals surface area contributed by atoms with Crippen LogP contribution < -0.4 is 5.32 Å². The Balaban J connectivity index is 1.58. The molecule has 1 aromatic carbocycles. The van der Waals surface area contributed by atoms with Crippen molar-refractivity contribution >= 4 is 36.0 Å². The molecule has 0 bridgehead atoms. The first-order chi connectivity index (χ1) is 16.2. The van der Waals surface area contributed by atoms with Crippen molar-refractivity contribution in [2.45, 2.75) is 31.1 Å². The van der Waals surface area contributed by atoms with Gasteiger partial charge in [-0.25, -0.2) is 9.67 Å². The summed E-state index contributed by atoms with van der Waals surface area (Å²) in [6, 6.07) is 9.07. The van der Waals surface area contributed by atoms with E-state index >= 15 is 0 Å². The van der Waals surface area contributed by atoms with Crippen LogP contribution in [-0.2, 0) is 20.6 Å². The largest absolute Gasteiger partial charge is 0.387 e. The number of hydrogen-bond donors (Lipinski definition) is 5. The fraction of sp³-hybridized carbons (Fsp3) is 0.368. The summed E-state index contributed by atoms with van der Waals surface area (Å²) in [5.74, 6) is 0.166. The Bertz CT molecular complexity index is 1280. The van der Waals surface area contributed by atoms with Crippen LogP contribution in [0.1, 0.15) is 17.6 Å². The Morgan fingerprint density at radius 2 is 2.09 bits per heavy atom. The third-order valence-electron chi connectivity index (χ3n) is 5.02. The molecular weight excluding hydrogens is 491 g/mol. The lowest BCUT2D eigenvalue weighted by molar-refractivity contribution is -0.0658. The summed E-state index contributed by atoms with van der Waals surface area (Å²) in [7, 11) is -4.40. The van der Waals surface area contributed by atoms with Gasteiger partial charge in [0.2, 0.25) is 5.82 Å². The van der Waals surface area contributed by atoms with Gasteiger partial charge in [0.1, 0.15) is 36.5 Å². The highest BCUT2D eigenvalue weighted by atomic mass is 35.5. The molecule has 1 aliphatic heterocycles. The smallest absolute Gasteiger partial charge is 0.350 e. The molecule has 13 nitrogen and oxygen atoms in total. The molecule has 1 fully saturated rings. The molecule has 0 amide bonds. The standard InChI is InChI=1S/C19H20ClN6O7P/c20-11-3-1-2-10(4-11)6-22-17-12-7-23-26(18(12)25-14(5-21)24-17)19-16(28)15(27)13(33-19)8-32-9-34(29,30)31/h1-4,7,13,15-16,19,27-28H,6,8-9H2,(H,22,24,25)(H2,29,30,31)/t13-,15-,16-,19-/m1/s1. The van der Waals surface area contributed by atoms with Crippen LogP contribution in [0, 0.1) is 11.3 Å². The first kappa shape index (κ1) is 24.5. The summed E-state index contributed by atoms with van der Waals surface area (Å²) in [6.45, 7) is -0.0210. The first-order valence-electron chi connectivity index (χ1n) is 9.94. The number of ether oxygens (including phenoxy) is 2. The van der Waals surface area contributed by atoms with Crippen LogP contribution in [0.5, 0.6) is 0 Å². The average molecular weight is 511 g/mol. The van der Waals surface area contributed by atoms with E-state index in [0.29, 0.717) is 22.8 Å². The molecule has 4 rings (SSSR count). The van der Waals surface area contributed by atoms with Crippen molar-refractivity contribution in [2.75, 3.05) is 18.3 Å². The maximum atomic E-state index is 11.0. The zero-order chi connectivity index (χ0) is 24.5. The van der Waals surface area contributed by atoms with Gasteiger partial charge in [-0.05, 0) is 17.7 Å². The number of aliphatic hydroxyl groups is 2. The van der Waals surface area contributed by atoms with Gasteiger partial charge in [0, 0.05) is 11.6 Å². The van der Waals surface area contributed by atoms with Crippen LogP contribution in [0.4, 0.5) is 5.82 Å². The Morgan fingerprint density at radius 1 is 1.29 bits per heavy atom. The van der Waals surface area contributed by atoms with Gasteiger partial charge in [-0.2, -0.15) is 15.3 Å². The Labute approximate surface area is 197 Å². The Hall–Kier alpha value is -2.66. The lowest BCUT2D eigenvalue weighted by Gasteiger charge is -2.16. The highest BCUT2D eigenvalue weighted by molar-refractivity contribution is 7.51. The fourth-order valence-electron chi connectivity index (χ4n) is 3.49. The highest BCUT2D eigenvalue weighted by Crippen LogP contribution is 2.36. The third kappa shape index (κ3) is 5.35. The van der Waals surface area contributed by atoms with Crippen LogP contribution in [-0.4, -0.2) is 71.0 Å². The van der Waals surface area contributed by atoms with Crippen molar-refractivity contribution in [1.29, 1.82) is 5.26 Å². The average Bonchev–Trinajstić information content (AvgIpc) is 3.32. The molecule has 0 aliphatic carbocycles. The number of nitrogens with zero attached hydrogens (tertiary/aromatic N) is 5. The minimum Gasteiger partial charge on any atom is -0.387 e. The van der Waals surface area contributed by atoms with Crippen molar-refractivity contribution in [3.63, 3.8) is 0 Å². The number of hydrogen-bond acceptors (Lipinski definition) is 10. The molecule has 0 spiro atoms. The number of benzene rings is 1. The molecular formula is C19H20ClN6O7P. The third-order valence-corrected chi connectivity index (χ3v) is 5.78. The summed E-state index contributed by atoms with van der Waals surface area (Å²) < 4.78 is 22.7. The second-order valence-corrected chi connectivity index (χ2v) is 9.55. The monoisotopic (exact) mass is 510 g/mol. The molecule has 0 radical (unpaired) electrons. The quantitative estimate of drug-likeness (QED) is 0.267. The lowest BCUT2D eigenvalue weighted by atomic mass is 10.1. The molecule has 1 saturated heterocycles. The SMILES string of the molecule is N#Cc1nc(NCc2cccc(Cl)c2)c2cnn([C@@H]3O[C@H](COCP(=O)(O)O)[C@@H](O)[C@H]3O)c2n1. The van der Waals surface area contributed by atoms with E-state index < -0.39 is 38.5 Å². The van der Waals surface area contributed by atoms with Crippen LogP contribution in [0.25, 0.3) is 11.0 Å². The van der Waals surface area contributed by atoms with Crippen LogP contribution in [0.3, 0.4) is 0 Å². The second-order valence-electron chi connectivity index (χ2n) is 7.53. The van der Waals surface area contributed by atoms with Crippen molar-refractivity contribution in [3.8, 4) is 6.07 Å². The van der Waals surface area contributed by atoms with Crippen molar-refractivity contribution in [2.24, 2.45) is 0 Å². The topological polar surface area (TPSA) is 196 Å². The van der Waals surface area contributed by atoms with Gasteiger partial charge in [-0.1, -0.05) is 23.7 Å². The number of anilines is 1. The molecule has 2 aromatic heterocycles. The Morgan fingerprint density at radius 3 is 2.79 bits per heavy atom. The van der Waals surface area contributed by atoms with Gasteiger partial charge in [-0.15, -0.1) is 0 Å². The summed E-state index contributed by atoms with van der Waals surface area (Å²) in [6.07, 6.45) is -4.57. The Kier molecular flexibility index (Phi) is 7.13. The number of fused-ring (bicyclic) bond motifs is 1. The van der Waals surface area contributed by atoms with E-state index in [2.05, 4.69) is 20.4 Å². The highest BCUT2D eigenvalue weighted by Gasteiger charge is 2.45. The van der Waals surface area contributed by atoms with Gasteiger partial charge >= 0.3 is 7.60 Å². The maximum Gasteiger partial charge on any atom is 0.350 e. The second kappa shape index (κ2) is 9.91. The molecule has 34 heavy (non-hydrogen) atoms. The molecule has 0 unspecified atom stereocenters. The summed E-state index contributed by atoms with van der Waals surface area (Å²) in [4.78, 5) is 26.2. The number of nitrogens with one attached hydrogen (secondary N) is 1. The van der Waals surface area contributed by atoms with Crippen molar-refractivity contribution in [1.82, 2.24) is 19.7 Å². The van der Waals surface area contributed by atoms with Gasteiger partial charge < -0.3 is 34.8 Å². The van der Waals surface area contributed by atoms with Crippen molar-refractivity contribution < 1.29 is 34.0 Å². The summed E-state index contributed by atoms with van der Waals surface area (Å²) in [5, 5.41) is 38.5. The molecule has 0 saturated carbocycles. The molecule has 3 aromatic rings. The van der Waals surface area contributed by atoms with Gasteiger partial charge in [-0.3, -0.25) is 4.57 Å². The normalized spacial score (nSPS) is 22.7. The summed E-state index contributed by atoms with van der Waals surface area (Å²) in [5.41, 5.74) is 1.05. The number of aromatic nitrogens is 4. The molecule has 15 heteroatoms. The van der Waals surface area contributed by atoms with E-state index in [9.17, 15) is 20.0 Å². The summed E-state index contributed by atoms with van der Waals surface area (Å²) >= 11 is 6.02. The van der Waals surface area contributed by atoms with E-state index in [1.54, 1.807) is 18.2 Å². The minimum atomic E-state index is -4.40. The molecule has 1 aliphatic rings. The molecule has 3 heterocycles. The molecule has 5 N–H and O–H groups in total. The lowest BCUT2D eigenvalue weighted by Crippen LogP contribution is -2.34. The van der Waals surface area contributed by atoms with Crippen molar-refractivity contribution in [3.05, 3.63) is 46.9 Å². The molecule has 4 atom stereocenters. The maximum absolute atomic E-state index is 11.0. The van der Waals surface area contributed by atoms with Crippen LogP contribution in [0.2, 0.25) is 5.02 Å². The number of rotatable bonds is 8.